The van der Waals surface area contributed by atoms with Crippen molar-refractivity contribution < 1.29 is 0 Å². The first kappa shape index (κ1) is 14.5. The molecule has 1 aliphatic rings. The van der Waals surface area contributed by atoms with Gasteiger partial charge in [-0.1, -0.05) is 29.8 Å². The van der Waals surface area contributed by atoms with Gasteiger partial charge in [-0.15, -0.1) is 0 Å². The molecule has 3 rings (SSSR count). The molecule has 1 aliphatic heterocycles. The number of halogens is 1. The largest absolute Gasteiger partial charge is 0.315 e. The van der Waals surface area contributed by atoms with E-state index in [1.165, 1.54) is 5.56 Å². The van der Waals surface area contributed by atoms with Crippen molar-refractivity contribution in [3.8, 4) is 0 Å². The molecule has 1 aromatic heterocycles. The molecular weight excluding hydrogens is 282 g/mol. The second-order valence-electron chi connectivity index (χ2n) is 5.35. The molecule has 1 atom stereocenters. The quantitative estimate of drug-likeness (QED) is 0.944. The van der Waals surface area contributed by atoms with E-state index in [4.69, 9.17) is 11.6 Å². The number of rotatable bonds is 3. The van der Waals surface area contributed by atoms with Gasteiger partial charge in [0.1, 0.15) is 0 Å². The fourth-order valence-electron chi connectivity index (χ4n) is 2.88. The van der Waals surface area contributed by atoms with Gasteiger partial charge in [0.05, 0.1) is 11.7 Å². The monoisotopic (exact) mass is 301 g/mol. The zero-order valence-corrected chi connectivity index (χ0v) is 12.8. The number of hydrogen-bond donors (Lipinski definition) is 1. The van der Waals surface area contributed by atoms with Crippen molar-refractivity contribution in [2.75, 3.05) is 26.2 Å². The number of pyridine rings is 1. The van der Waals surface area contributed by atoms with Crippen LogP contribution in [0.4, 0.5) is 0 Å². The summed E-state index contributed by atoms with van der Waals surface area (Å²) in [7, 11) is 0. The lowest BCUT2D eigenvalue weighted by atomic mass is 10.0. The molecule has 110 valence electrons. The zero-order chi connectivity index (χ0) is 14.5. The minimum absolute atomic E-state index is 0.198. The van der Waals surface area contributed by atoms with Crippen LogP contribution in [0, 0.1) is 0 Å². The van der Waals surface area contributed by atoms with E-state index in [9.17, 15) is 0 Å². The van der Waals surface area contributed by atoms with Crippen molar-refractivity contribution >= 4 is 11.6 Å². The molecule has 0 saturated carbocycles. The second kappa shape index (κ2) is 7.03. The standard InChI is InChI=1S/C17H20ClN3/c18-15-7-5-14(6-8-15)17(16-4-1-2-10-20-16)21-12-3-9-19-11-13-21/h1-2,4-8,10,17,19H,3,9,11-13H2. The van der Waals surface area contributed by atoms with Crippen LogP contribution in [0.5, 0.6) is 0 Å². The maximum Gasteiger partial charge on any atom is 0.0776 e. The Morgan fingerprint density at radius 3 is 2.67 bits per heavy atom. The van der Waals surface area contributed by atoms with Gasteiger partial charge >= 0.3 is 0 Å². The summed E-state index contributed by atoms with van der Waals surface area (Å²) in [6.45, 7) is 4.23. The molecule has 1 N–H and O–H groups in total. The van der Waals surface area contributed by atoms with Crippen LogP contribution >= 0.6 is 11.6 Å². The summed E-state index contributed by atoms with van der Waals surface area (Å²) in [4.78, 5) is 7.09. The van der Waals surface area contributed by atoms with Crippen molar-refractivity contribution in [2.45, 2.75) is 12.5 Å². The molecule has 0 radical (unpaired) electrons. The summed E-state index contributed by atoms with van der Waals surface area (Å²) in [5.41, 5.74) is 2.35. The van der Waals surface area contributed by atoms with Crippen LogP contribution in [-0.4, -0.2) is 36.1 Å². The van der Waals surface area contributed by atoms with E-state index in [0.717, 1.165) is 43.3 Å². The summed E-state index contributed by atoms with van der Waals surface area (Å²) >= 11 is 6.04. The fourth-order valence-corrected chi connectivity index (χ4v) is 3.00. The molecule has 0 amide bonds. The molecular formula is C17H20ClN3. The van der Waals surface area contributed by atoms with E-state index in [1.54, 1.807) is 0 Å². The summed E-state index contributed by atoms with van der Waals surface area (Å²) in [6.07, 6.45) is 3.03. The van der Waals surface area contributed by atoms with Gasteiger partial charge < -0.3 is 5.32 Å². The van der Waals surface area contributed by atoms with Crippen LogP contribution in [0.15, 0.2) is 48.7 Å². The molecule has 0 aliphatic carbocycles. The van der Waals surface area contributed by atoms with E-state index in [0.29, 0.717) is 0 Å². The molecule has 1 aromatic carbocycles. The molecule has 1 saturated heterocycles. The van der Waals surface area contributed by atoms with E-state index in [-0.39, 0.29) is 6.04 Å². The Labute approximate surface area is 131 Å². The Hall–Kier alpha value is -1.42. The number of nitrogens with zero attached hydrogens (tertiary/aromatic N) is 2. The van der Waals surface area contributed by atoms with Crippen LogP contribution in [0.3, 0.4) is 0 Å². The van der Waals surface area contributed by atoms with E-state index >= 15 is 0 Å². The fraction of sp³-hybridized carbons (Fsp3) is 0.353. The van der Waals surface area contributed by atoms with Crippen molar-refractivity contribution in [2.24, 2.45) is 0 Å². The topological polar surface area (TPSA) is 28.2 Å². The molecule has 0 spiro atoms. The number of hydrogen-bond acceptors (Lipinski definition) is 3. The smallest absolute Gasteiger partial charge is 0.0776 e. The average molecular weight is 302 g/mol. The lowest BCUT2D eigenvalue weighted by molar-refractivity contribution is 0.237. The summed E-state index contributed by atoms with van der Waals surface area (Å²) in [5, 5.41) is 4.24. The summed E-state index contributed by atoms with van der Waals surface area (Å²) in [6, 6.07) is 14.5. The molecule has 21 heavy (non-hydrogen) atoms. The minimum atomic E-state index is 0.198. The van der Waals surface area contributed by atoms with Gasteiger partial charge in [0.25, 0.3) is 0 Å². The summed E-state index contributed by atoms with van der Waals surface area (Å²) in [5.74, 6) is 0. The third kappa shape index (κ3) is 3.62. The molecule has 2 heterocycles. The third-order valence-corrected chi connectivity index (χ3v) is 4.15. The molecule has 4 heteroatoms. The highest BCUT2D eigenvalue weighted by Crippen LogP contribution is 2.28. The second-order valence-corrected chi connectivity index (χ2v) is 5.78. The first-order chi connectivity index (χ1) is 10.3. The van der Waals surface area contributed by atoms with Gasteiger partial charge in [-0.05, 0) is 42.8 Å². The minimum Gasteiger partial charge on any atom is -0.315 e. The molecule has 0 bridgehead atoms. The number of nitrogens with one attached hydrogen (secondary N) is 1. The van der Waals surface area contributed by atoms with E-state index < -0.39 is 0 Å². The first-order valence-electron chi connectivity index (χ1n) is 7.46. The third-order valence-electron chi connectivity index (χ3n) is 3.89. The van der Waals surface area contributed by atoms with Crippen LogP contribution in [0.1, 0.15) is 23.7 Å². The highest BCUT2D eigenvalue weighted by atomic mass is 35.5. The van der Waals surface area contributed by atoms with Crippen LogP contribution in [0.25, 0.3) is 0 Å². The number of benzene rings is 1. The Bertz CT molecular complexity index is 548. The van der Waals surface area contributed by atoms with Gasteiger partial charge in [0, 0.05) is 30.9 Å². The van der Waals surface area contributed by atoms with Gasteiger partial charge in [0.15, 0.2) is 0 Å². The van der Waals surface area contributed by atoms with Crippen molar-refractivity contribution in [3.05, 3.63) is 64.9 Å². The van der Waals surface area contributed by atoms with Gasteiger partial charge in [-0.25, -0.2) is 0 Å². The first-order valence-corrected chi connectivity index (χ1v) is 7.83. The Kier molecular flexibility index (Phi) is 4.86. The van der Waals surface area contributed by atoms with Crippen LogP contribution < -0.4 is 5.32 Å². The predicted molar refractivity (Wildman–Crippen MR) is 86.6 cm³/mol. The van der Waals surface area contributed by atoms with E-state index in [2.05, 4.69) is 39.5 Å². The molecule has 1 unspecified atom stereocenters. The van der Waals surface area contributed by atoms with Crippen molar-refractivity contribution in [3.63, 3.8) is 0 Å². The Balaban J connectivity index is 1.95. The van der Waals surface area contributed by atoms with Gasteiger partial charge in [-0.3, -0.25) is 9.88 Å². The highest BCUT2D eigenvalue weighted by molar-refractivity contribution is 6.30. The molecule has 3 nitrogen and oxygen atoms in total. The SMILES string of the molecule is Clc1ccc(C(c2ccccn2)N2CCCNCC2)cc1. The Morgan fingerprint density at radius 1 is 1.05 bits per heavy atom. The maximum absolute atomic E-state index is 6.04. The maximum atomic E-state index is 6.04. The van der Waals surface area contributed by atoms with Gasteiger partial charge in [0.2, 0.25) is 0 Å². The predicted octanol–water partition coefficient (Wildman–Crippen LogP) is 3.12. The normalized spacial score (nSPS) is 18.1. The summed E-state index contributed by atoms with van der Waals surface area (Å²) < 4.78 is 0. The van der Waals surface area contributed by atoms with Crippen LogP contribution in [-0.2, 0) is 0 Å². The number of aromatic nitrogens is 1. The van der Waals surface area contributed by atoms with Crippen molar-refractivity contribution in [1.29, 1.82) is 0 Å². The van der Waals surface area contributed by atoms with Crippen molar-refractivity contribution in [1.82, 2.24) is 15.2 Å². The van der Waals surface area contributed by atoms with E-state index in [1.807, 2.05) is 24.4 Å². The highest BCUT2D eigenvalue weighted by Gasteiger charge is 2.23. The zero-order valence-electron chi connectivity index (χ0n) is 12.0. The lowest BCUT2D eigenvalue weighted by Crippen LogP contribution is -2.33. The van der Waals surface area contributed by atoms with Gasteiger partial charge in [-0.2, -0.15) is 0 Å². The van der Waals surface area contributed by atoms with Crippen LogP contribution in [0.2, 0.25) is 5.02 Å². The molecule has 1 fully saturated rings. The Morgan fingerprint density at radius 2 is 1.90 bits per heavy atom. The molecule has 2 aromatic rings. The average Bonchev–Trinajstić information content (AvgIpc) is 2.80. The lowest BCUT2D eigenvalue weighted by Gasteiger charge is -2.30.